The fourth-order valence-electron chi connectivity index (χ4n) is 3.79. The van der Waals surface area contributed by atoms with Gasteiger partial charge in [0.1, 0.15) is 0 Å². The molecule has 1 aromatic carbocycles. The molecule has 1 heterocycles. The van der Waals surface area contributed by atoms with Crippen molar-refractivity contribution in [3.05, 3.63) is 35.4 Å². The van der Waals surface area contributed by atoms with Crippen LogP contribution in [0, 0.1) is 0 Å². The molecule has 2 unspecified atom stereocenters. The maximum absolute atomic E-state index is 6.15. The van der Waals surface area contributed by atoms with Crippen molar-refractivity contribution in [1.82, 2.24) is 9.80 Å². The van der Waals surface area contributed by atoms with Crippen LogP contribution >= 0.6 is 0 Å². The molecule has 116 valence electrons. The highest BCUT2D eigenvalue weighted by Crippen LogP contribution is 2.43. The van der Waals surface area contributed by atoms with Crippen LogP contribution in [0.15, 0.2) is 24.3 Å². The lowest BCUT2D eigenvalue weighted by Gasteiger charge is -2.33. The summed E-state index contributed by atoms with van der Waals surface area (Å²) >= 11 is 0. The first-order valence-electron chi connectivity index (χ1n) is 8.40. The Morgan fingerprint density at radius 1 is 1.29 bits per heavy atom. The normalized spacial score (nSPS) is 24.7. The van der Waals surface area contributed by atoms with Crippen molar-refractivity contribution in [2.24, 2.45) is 5.73 Å². The van der Waals surface area contributed by atoms with Gasteiger partial charge in [0.2, 0.25) is 0 Å². The summed E-state index contributed by atoms with van der Waals surface area (Å²) in [6.07, 6.45) is 5.36. The number of nitrogens with zero attached hydrogens (tertiary/aromatic N) is 2. The quantitative estimate of drug-likeness (QED) is 0.873. The van der Waals surface area contributed by atoms with Gasteiger partial charge in [-0.1, -0.05) is 24.3 Å². The van der Waals surface area contributed by atoms with Crippen LogP contribution in [0.25, 0.3) is 0 Å². The van der Waals surface area contributed by atoms with Gasteiger partial charge in [-0.3, -0.25) is 4.90 Å². The highest BCUT2D eigenvalue weighted by atomic mass is 15.2. The molecule has 2 N–H and O–H groups in total. The zero-order valence-electron chi connectivity index (χ0n) is 13.5. The van der Waals surface area contributed by atoms with Crippen molar-refractivity contribution < 1.29 is 0 Å². The molecular weight excluding hydrogens is 258 g/mol. The predicted octanol–water partition coefficient (Wildman–Crippen LogP) is 2.59. The highest BCUT2D eigenvalue weighted by molar-refractivity contribution is 5.35. The van der Waals surface area contributed by atoms with Gasteiger partial charge in [-0.15, -0.1) is 0 Å². The van der Waals surface area contributed by atoms with Gasteiger partial charge in [0.15, 0.2) is 0 Å². The van der Waals surface area contributed by atoms with E-state index in [0.717, 1.165) is 12.5 Å². The Hall–Kier alpha value is -0.900. The maximum Gasteiger partial charge on any atom is 0.0470 e. The van der Waals surface area contributed by atoms with Crippen molar-refractivity contribution in [2.75, 3.05) is 33.7 Å². The van der Waals surface area contributed by atoms with E-state index in [4.69, 9.17) is 5.73 Å². The molecule has 3 heteroatoms. The van der Waals surface area contributed by atoms with Crippen LogP contribution in [0.3, 0.4) is 0 Å². The van der Waals surface area contributed by atoms with Crippen LogP contribution in [0.2, 0.25) is 0 Å². The lowest BCUT2D eigenvalue weighted by Crippen LogP contribution is -2.40. The third-order valence-corrected chi connectivity index (χ3v) is 5.30. The summed E-state index contributed by atoms with van der Waals surface area (Å²) in [5, 5.41) is 0. The smallest absolute Gasteiger partial charge is 0.0470 e. The second-order valence-corrected chi connectivity index (χ2v) is 6.87. The summed E-state index contributed by atoms with van der Waals surface area (Å²) in [5.74, 6) is 0.790. The minimum atomic E-state index is 0.357. The molecule has 1 saturated carbocycles. The third kappa shape index (κ3) is 3.31. The molecule has 21 heavy (non-hydrogen) atoms. The minimum absolute atomic E-state index is 0.357. The number of benzene rings is 1. The van der Waals surface area contributed by atoms with E-state index in [2.05, 4.69) is 48.2 Å². The summed E-state index contributed by atoms with van der Waals surface area (Å²) in [7, 11) is 4.49. The molecule has 2 fully saturated rings. The molecule has 3 rings (SSSR count). The summed E-state index contributed by atoms with van der Waals surface area (Å²) in [4.78, 5) is 4.98. The Balaban J connectivity index is 1.74. The Morgan fingerprint density at radius 2 is 2.05 bits per heavy atom. The van der Waals surface area contributed by atoms with Crippen LogP contribution in [0.1, 0.15) is 48.8 Å². The number of rotatable bonds is 6. The third-order valence-electron chi connectivity index (χ3n) is 5.30. The van der Waals surface area contributed by atoms with E-state index >= 15 is 0 Å². The van der Waals surface area contributed by atoms with E-state index in [1.54, 1.807) is 5.56 Å². The average molecular weight is 287 g/mol. The number of nitrogens with two attached hydrogens (primary N) is 1. The second-order valence-electron chi connectivity index (χ2n) is 6.87. The van der Waals surface area contributed by atoms with Gasteiger partial charge in [0.05, 0.1) is 0 Å². The monoisotopic (exact) mass is 287 g/mol. The fourth-order valence-corrected chi connectivity index (χ4v) is 3.79. The number of likely N-dealkylation sites (tertiary alicyclic amines) is 1. The molecule has 0 aromatic heterocycles. The van der Waals surface area contributed by atoms with Gasteiger partial charge in [-0.05, 0) is 63.4 Å². The van der Waals surface area contributed by atoms with Crippen LogP contribution < -0.4 is 5.73 Å². The number of likely N-dealkylation sites (N-methyl/N-ethyl adjacent to an activating group) is 2. The van der Waals surface area contributed by atoms with Gasteiger partial charge in [0, 0.05) is 25.2 Å². The van der Waals surface area contributed by atoms with E-state index in [9.17, 15) is 0 Å². The first-order valence-corrected chi connectivity index (χ1v) is 8.40. The lowest BCUT2D eigenvalue weighted by atomic mass is 9.96. The van der Waals surface area contributed by atoms with Gasteiger partial charge in [0.25, 0.3) is 0 Å². The number of hydrogen-bond acceptors (Lipinski definition) is 3. The average Bonchev–Trinajstić information content (AvgIpc) is 3.25. The van der Waals surface area contributed by atoms with Crippen molar-refractivity contribution >= 4 is 0 Å². The van der Waals surface area contributed by atoms with Crippen LogP contribution in [0.4, 0.5) is 0 Å². The summed E-state index contributed by atoms with van der Waals surface area (Å²) < 4.78 is 0. The van der Waals surface area contributed by atoms with E-state index in [0.29, 0.717) is 18.6 Å². The fraction of sp³-hybridized carbons (Fsp3) is 0.667. The van der Waals surface area contributed by atoms with E-state index in [-0.39, 0.29) is 0 Å². The summed E-state index contributed by atoms with van der Waals surface area (Å²) in [6, 6.07) is 9.99. The van der Waals surface area contributed by atoms with Crippen molar-refractivity contribution in [3.8, 4) is 0 Å². The topological polar surface area (TPSA) is 32.5 Å². The number of hydrogen-bond donors (Lipinski definition) is 1. The van der Waals surface area contributed by atoms with E-state index in [1.807, 2.05) is 0 Å². The van der Waals surface area contributed by atoms with Crippen LogP contribution in [-0.2, 0) is 0 Å². The molecule has 0 amide bonds. The minimum Gasteiger partial charge on any atom is -0.329 e. The molecule has 1 aliphatic heterocycles. The molecule has 0 bridgehead atoms. The van der Waals surface area contributed by atoms with Gasteiger partial charge in [-0.2, -0.15) is 0 Å². The Bertz CT molecular complexity index is 469. The Kier molecular flexibility index (Phi) is 4.63. The summed E-state index contributed by atoms with van der Waals surface area (Å²) in [5.41, 5.74) is 9.15. The van der Waals surface area contributed by atoms with Crippen LogP contribution in [-0.4, -0.2) is 49.6 Å². The van der Waals surface area contributed by atoms with Crippen molar-refractivity contribution in [1.29, 1.82) is 0 Å². The second kappa shape index (κ2) is 6.47. The largest absolute Gasteiger partial charge is 0.329 e. The molecule has 2 aliphatic rings. The van der Waals surface area contributed by atoms with Crippen LogP contribution in [0.5, 0.6) is 0 Å². The van der Waals surface area contributed by atoms with E-state index in [1.165, 1.54) is 37.8 Å². The van der Waals surface area contributed by atoms with Gasteiger partial charge < -0.3 is 10.6 Å². The van der Waals surface area contributed by atoms with Gasteiger partial charge in [-0.25, -0.2) is 0 Å². The van der Waals surface area contributed by atoms with Crippen molar-refractivity contribution in [2.45, 2.75) is 43.7 Å². The molecule has 0 spiro atoms. The Labute approximate surface area is 129 Å². The maximum atomic E-state index is 6.15. The highest BCUT2D eigenvalue weighted by Gasteiger charge is 2.30. The summed E-state index contributed by atoms with van der Waals surface area (Å²) in [6.45, 7) is 3.07. The SMILES string of the molecule is CN1CCCC1CN(C)C(CN)c1ccccc1C1CC1. The standard InChI is InChI=1S/C18H29N3/c1-20-11-5-6-15(20)13-21(2)18(12-19)17-8-4-3-7-16(17)14-9-10-14/h3-4,7-8,14-15,18H,5-6,9-13,19H2,1-2H3. The molecule has 1 saturated heterocycles. The van der Waals surface area contributed by atoms with Crippen molar-refractivity contribution in [3.63, 3.8) is 0 Å². The first-order chi connectivity index (χ1) is 10.2. The zero-order chi connectivity index (χ0) is 14.8. The zero-order valence-corrected chi connectivity index (χ0v) is 13.5. The van der Waals surface area contributed by atoms with Gasteiger partial charge >= 0.3 is 0 Å². The van der Waals surface area contributed by atoms with E-state index < -0.39 is 0 Å². The molecule has 3 nitrogen and oxygen atoms in total. The molecule has 0 radical (unpaired) electrons. The molecule has 1 aromatic rings. The molecule has 1 aliphatic carbocycles. The first kappa shape index (κ1) is 15.0. The molecular formula is C18H29N3. The Morgan fingerprint density at radius 3 is 2.67 bits per heavy atom. The lowest BCUT2D eigenvalue weighted by molar-refractivity contribution is 0.179. The predicted molar refractivity (Wildman–Crippen MR) is 88.5 cm³/mol. The molecule has 2 atom stereocenters.